The Bertz CT molecular complexity index is 535. The maximum absolute atomic E-state index is 4.48. The van der Waals surface area contributed by atoms with Crippen molar-refractivity contribution in [1.29, 1.82) is 0 Å². The summed E-state index contributed by atoms with van der Waals surface area (Å²) in [5, 5.41) is 0. The minimum Gasteiger partial charge on any atom is -1.00 e. The normalized spacial score (nSPS) is 8.00. The number of halogens is 2. The molecule has 100 valence electrons. The summed E-state index contributed by atoms with van der Waals surface area (Å²) in [6.45, 7) is 0. The van der Waals surface area contributed by atoms with E-state index >= 15 is 0 Å². The van der Waals surface area contributed by atoms with E-state index in [9.17, 15) is 0 Å². The third kappa shape index (κ3) is 3.67. The van der Waals surface area contributed by atoms with Crippen LogP contribution in [0.25, 0.3) is 29.0 Å². The predicted octanol–water partition coefficient (Wildman–Crippen LogP) is -2.07. The molecule has 0 spiro atoms. The van der Waals surface area contributed by atoms with Crippen LogP contribution >= 0.6 is 0 Å². The van der Waals surface area contributed by atoms with E-state index in [-0.39, 0.29) is 58.2 Å². The molecule has 0 aliphatic heterocycles. The summed E-state index contributed by atoms with van der Waals surface area (Å²) in [6, 6.07) is 14.2. The Morgan fingerprint density at radius 2 is 1.44 bits per heavy atom. The number of imidazole rings is 1. The van der Waals surface area contributed by atoms with Crippen molar-refractivity contribution in [1.82, 2.24) is 9.38 Å². The van der Waals surface area contributed by atoms with Gasteiger partial charge in [-0.05, 0) is 24.3 Å². The Morgan fingerprint density at radius 1 is 0.833 bits per heavy atom. The zero-order valence-electron chi connectivity index (χ0n) is 9.24. The number of nitrogens with two attached hydrogens (primary N) is 2. The fraction of sp³-hybridized carbons (Fsp3) is 0. The molecule has 3 aromatic rings. The smallest absolute Gasteiger partial charge is 1.00 e. The van der Waals surface area contributed by atoms with E-state index in [1.165, 1.54) is 0 Å². The first-order chi connectivity index (χ1) is 6.45. The van der Waals surface area contributed by atoms with Crippen LogP contribution in [0, 0.1) is 0 Å². The van der Waals surface area contributed by atoms with Crippen LogP contribution in [0.15, 0.2) is 48.7 Å². The number of benzene rings is 1. The molecule has 0 fully saturated rings. The van der Waals surface area contributed by atoms with Crippen LogP contribution < -0.4 is 24.8 Å². The van der Waals surface area contributed by atoms with Gasteiger partial charge in [-0.1, -0.05) is 18.2 Å². The van der Waals surface area contributed by atoms with Gasteiger partial charge in [-0.15, -0.1) is 0 Å². The summed E-state index contributed by atoms with van der Waals surface area (Å²) < 4.78 is 2.09. The molecule has 0 radical (unpaired) electrons. The van der Waals surface area contributed by atoms with Crippen molar-refractivity contribution in [3.05, 3.63) is 61.0 Å². The molecular formula is C11H12Cl2N4Pt. The molecule has 0 aliphatic carbocycles. The second-order valence-electron chi connectivity index (χ2n) is 3.03. The van der Waals surface area contributed by atoms with Crippen LogP contribution in [0.3, 0.4) is 0 Å². The van der Waals surface area contributed by atoms with Crippen molar-refractivity contribution in [2.45, 2.75) is 0 Å². The molecule has 0 unspecified atom stereocenters. The summed E-state index contributed by atoms with van der Waals surface area (Å²) in [5.74, 6) is 0. The van der Waals surface area contributed by atoms with Crippen molar-refractivity contribution in [2.24, 2.45) is 0 Å². The van der Waals surface area contributed by atoms with Gasteiger partial charge in [-0.25, -0.2) is 4.98 Å². The molecule has 2 aromatic heterocycles. The summed E-state index contributed by atoms with van der Waals surface area (Å²) in [6.07, 6.45) is 2.03. The Balaban J connectivity index is -0.000000450. The standard InChI is InChI=1S/C11H8N2.2ClH.2H2N.Pt/c1-2-6-10-9(5-1)12-11-7-3-4-8-13(10)11;;;;;/h1-8H;2*1H;2*1H2;/q;;;2*-1;+4/p-2. The van der Waals surface area contributed by atoms with E-state index in [1.807, 2.05) is 42.6 Å². The van der Waals surface area contributed by atoms with E-state index in [4.69, 9.17) is 0 Å². The monoisotopic (exact) mass is 465 g/mol. The molecule has 0 bridgehead atoms. The van der Waals surface area contributed by atoms with Gasteiger partial charge in [0.05, 0.1) is 11.0 Å². The predicted molar refractivity (Wildman–Crippen MR) is 63.3 cm³/mol. The minimum absolute atomic E-state index is 0. The van der Waals surface area contributed by atoms with Gasteiger partial charge in [0.15, 0.2) is 0 Å². The van der Waals surface area contributed by atoms with Gasteiger partial charge >= 0.3 is 21.1 Å². The number of nitrogens with zero attached hydrogens (tertiary/aromatic N) is 2. The quantitative estimate of drug-likeness (QED) is 0.375. The number of pyridine rings is 1. The fourth-order valence-electron chi connectivity index (χ4n) is 1.61. The van der Waals surface area contributed by atoms with E-state index in [2.05, 4.69) is 15.5 Å². The molecule has 0 saturated heterocycles. The van der Waals surface area contributed by atoms with Crippen LogP contribution in [0.1, 0.15) is 0 Å². The second-order valence-corrected chi connectivity index (χ2v) is 3.03. The molecule has 1 aromatic carbocycles. The Labute approximate surface area is 132 Å². The SMILES string of the molecule is [Cl-].[Cl-].[NH2-].[NH2-].[Pt+4].c1ccc2c(c1)nc1ccccn12. The Morgan fingerprint density at radius 3 is 2.17 bits per heavy atom. The van der Waals surface area contributed by atoms with Crippen LogP contribution in [-0.4, -0.2) is 9.38 Å². The van der Waals surface area contributed by atoms with Crippen molar-refractivity contribution >= 4 is 16.7 Å². The minimum atomic E-state index is 0. The second kappa shape index (κ2) is 9.31. The first kappa shape index (κ1) is 22.5. The summed E-state index contributed by atoms with van der Waals surface area (Å²) >= 11 is 0. The van der Waals surface area contributed by atoms with Crippen molar-refractivity contribution < 1.29 is 45.9 Å². The maximum atomic E-state index is 4.48. The number of para-hydroxylation sites is 2. The van der Waals surface area contributed by atoms with Crippen LogP contribution in [0.5, 0.6) is 0 Å². The van der Waals surface area contributed by atoms with E-state index in [0.29, 0.717) is 0 Å². The Hall–Kier alpha value is -0.642. The summed E-state index contributed by atoms with van der Waals surface area (Å²) in [7, 11) is 0. The number of hydrogen-bond acceptors (Lipinski definition) is 1. The number of rotatable bonds is 0. The van der Waals surface area contributed by atoms with Crippen molar-refractivity contribution in [3.63, 3.8) is 0 Å². The molecule has 2 heterocycles. The number of aromatic nitrogens is 2. The van der Waals surface area contributed by atoms with Gasteiger partial charge in [0, 0.05) is 6.20 Å². The van der Waals surface area contributed by atoms with Gasteiger partial charge in [0.2, 0.25) is 0 Å². The van der Waals surface area contributed by atoms with Crippen LogP contribution in [-0.2, 0) is 21.1 Å². The van der Waals surface area contributed by atoms with Gasteiger partial charge in [-0.3, -0.25) is 4.40 Å². The van der Waals surface area contributed by atoms with Crippen LogP contribution in [0.4, 0.5) is 0 Å². The van der Waals surface area contributed by atoms with Gasteiger partial charge in [-0.2, -0.15) is 0 Å². The average molecular weight is 466 g/mol. The zero-order chi connectivity index (χ0) is 8.67. The fourth-order valence-corrected chi connectivity index (χ4v) is 1.61. The van der Waals surface area contributed by atoms with E-state index < -0.39 is 0 Å². The molecule has 7 heteroatoms. The first-order valence-corrected chi connectivity index (χ1v) is 4.27. The molecule has 0 atom stereocenters. The third-order valence-corrected chi connectivity index (χ3v) is 2.21. The average Bonchev–Trinajstić information content (AvgIpc) is 2.56. The van der Waals surface area contributed by atoms with E-state index in [0.717, 1.165) is 16.7 Å². The molecule has 4 N–H and O–H groups in total. The van der Waals surface area contributed by atoms with Crippen molar-refractivity contribution in [3.8, 4) is 0 Å². The largest absolute Gasteiger partial charge is 4.00 e. The van der Waals surface area contributed by atoms with E-state index in [1.54, 1.807) is 0 Å². The topological polar surface area (TPSA) is 84.3 Å². The molecule has 4 nitrogen and oxygen atoms in total. The molecule has 0 saturated carbocycles. The van der Waals surface area contributed by atoms with Crippen molar-refractivity contribution in [2.75, 3.05) is 0 Å². The Kier molecular flexibility index (Phi) is 11.7. The zero-order valence-corrected chi connectivity index (χ0v) is 13.0. The molecule has 0 amide bonds. The number of hydrogen-bond donors (Lipinski definition) is 0. The summed E-state index contributed by atoms with van der Waals surface area (Å²) in [4.78, 5) is 4.48. The number of fused-ring (bicyclic) bond motifs is 3. The summed E-state index contributed by atoms with van der Waals surface area (Å²) in [5.41, 5.74) is 3.22. The molecule has 0 aliphatic rings. The molecular weight excluding hydrogens is 454 g/mol. The molecule has 18 heavy (non-hydrogen) atoms. The maximum Gasteiger partial charge on any atom is 4.00 e. The molecule has 3 rings (SSSR count). The van der Waals surface area contributed by atoms with Gasteiger partial charge in [0.25, 0.3) is 0 Å². The third-order valence-electron chi connectivity index (χ3n) is 2.21. The van der Waals surface area contributed by atoms with Gasteiger partial charge in [0.1, 0.15) is 5.65 Å². The van der Waals surface area contributed by atoms with Gasteiger partial charge < -0.3 is 37.1 Å². The van der Waals surface area contributed by atoms with Crippen LogP contribution in [0.2, 0.25) is 0 Å². The first-order valence-electron chi connectivity index (χ1n) is 4.27.